The third kappa shape index (κ3) is 4.64. The van der Waals surface area contributed by atoms with Crippen molar-refractivity contribution in [3.63, 3.8) is 0 Å². The van der Waals surface area contributed by atoms with Crippen LogP contribution in [0, 0.1) is 6.92 Å². The van der Waals surface area contributed by atoms with E-state index in [1.807, 2.05) is 12.1 Å². The van der Waals surface area contributed by atoms with Gasteiger partial charge in [0.25, 0.3) is 5.91 Å². The molecule has 138 valence electrons. The number of rotatable bonds is 5. The quantitative estimate of drug-likeness (QED) is 0.875. The van der Waals surface area contributed by atoms with Crippen molar-refractivity contribution >= 4 is 17.5 Å². The standard InChI is InChI=1S/C21H26ClN3O/c1-16-7-9-17(10-8-16)20(25-13-11-24(2)12-14-25)15-23-21(26)18-5-3-4-6-19(18)22/h3-10,20H,11-15H2,1-2H3,(H,23,26). The van der Waals surface area contributed by atoms with Crippen LogP contribution in [0.2, 0.25) is 5.02 Å². The van der Waals surface area contributed by atoms with Crippen molar-refractivity contribution in [2.45, 2.75) is 13.0 Å². The molecule has 0 aliphatic carbocycles. The summed E-state index contributed by atoms with van der Waals surface area (Å²) in [6.45, 7) is 6.74. The number of hydrogen-bond acceptors (Lipinski definition) is 3. The topological polar surface area (TPSA) is 35.6 Å². The minimum Gasteiger partial charge on any atom is -0.350 e. The van der Waals surface area contributed by atoms with Crippen molar-refractivity contribution in [3.05, 3.63) is 70.2 Å². The summed E-state index contributed by atoms with van der Waals surface area (Å²) in [4.78, 5) is 17.4. The molecule has 1 heterocycles. The molecular weight excluding hydrogens is 346 g/mol. The van der Waals surface area contributed by atoms with Gasteiger partial charge in [-0.15, -0.1) is 0 Å². The van der Waals surface area contributed by atoms with Gasteiger partial charge in [-0.25, -0.2) is 0 Å². The molecule has 1 amide bonds. The molecule has 1 aliphatic rings. The lowest BCUT2D eigenvalue weighted by Gasteiger charge is -2.38. The predicted octanol–water partition coefficient (Wildman–Crippen LogP) is 3.37. The highest BCUT2D eigenvalue weighted by atomic mass is 35.5. The zero-order valence-electron chi connectivity index (χ0n) is 15.4. The van der Waals surface area contributed by atoms with E-state index in [9.17, 15) is 4.79 Å². The van der Waals surface area contributed by atoms with Crippen LogP contribution in [0.3, 0.4) is 0 Å². The number of piperazine rings is 1. The second-order valence-electron chi connectivity index (χ2n) is 6.96. The number of carbonyl (C=O) groups is 1. The zero-order chi connectivity index (χ0) is 18.5. The first-order valence-corrected chi connectivity index (χ1v) is 9.44. The van der Waals surface area contributed by atoms with Crippen molar-refractivity contribution in [2.75, 3.05) is 39.8 Å². The Balaban J connectivity index is 1.74. The van der Waals surface area contributed by atoms with Crippen LogP contribution < -0.4 is 5.32 Å². The average molecular weight is 372 g/mol. The van der Waals surface area contributed by atoms with Crippen LogP contribution in [0.15, 0.2) is 48.5 Å². The van der Waals surface area contributed by atoms with Crippen LogP contribution in [-0.2, 0) is 0 Å². The van der Waals surface area contributed by atoms with Gasteiger partial charge in [-0.05, 0) is 31.7 Å². The van der Waals surface area contributed by atoms with Gasteiger partial charge < -0.3 is 10.2 Å². The molecule has 5 heteroatoms. The normalized spacial score (nSPS) is 17.0. The number of hydrogen-bond donors (Lipinski definition) is 1. The Morgan fingerprint density at radius 1 is 1.08 bits per heavy atom. The molecule has 0 bridgehead atoms. The summed E-state index contributed by atoms with van der Waals surface area (Å²) in [5.41, 5.74) is 3.00. The Bertz CT molecular complexity index is 739. The lowest BCUT2D eigenvalue weighted by Crippen LogP contribution is -2.48. The van der Waals surface area contributed by atoms with Gasteiger partial charge in [0.05, 0.1) is 16.6 Å². The van der Waals surface area contributed by atoms with Gasteiger partial charge >= 0.3 is 0 Å². The number of halogens is 1. The van der Waals surface area contributed by atoms with E-state index in [0.29, 0.717) is 17.1 Å². The Morgan fingerprint density at radius 2 is 1.73 bits per heavy atom. The summed E-state index contributed by atoms with van der Waals surface area (Å²) in [7, 11) is 2.15. The Morgan fingerprint density at radius 3 is 2.38 bits per heavy atom. The lowest BCUT2D eigenvalue weighted by molar-refractivity contribution is 0.0886. The zero-order valence-corrected chi connectivity index (χ0v) is 16.2. The molecule has 0 spiro atoms. The van der Waals surface area contributed by atoms with Gasteiger partial charge in [0.2, 0.25) is 0 Å². The number of benzene rings is 2. The molecule has 3 rings (SSSR count). The van der Waals surface area contributed by atoms with Crippen molar-refractivity contribution in [3.8, 4) is 0 Å². The summed E-state index contributed by atoms with van der Waals surface area (Å²) >= 11 is 6.16. The molecule has 0 radical (unpaired) electrons. The van der Waals surface area contributed by atoms with Crippen molar-refractivity contribution < 1.29 is 4.79 Å². The van der Waals surface area contributed by atoms with Crippen molar-refractivity contribution in [1.82, 2.24) is 15.1 Å². The predicted molar refractivity (Wildman–Crippen MR) is 107 cm³/mol. The molecule has 1 atom stereocenters. The first kappa shape index (κ1) is 18.9. The van der Waals surface area contributed by atoms with Crippen LogP contribution >= 0.6 is 11.6 Å². The van der Waals surface area contributed by atoms with Gasteiger partial charge in [0.15, 0.2) is 0 Å². The van der Waals surface area contributed by atoms with Gasteiger partial charge in [-0.1, -0.05) is 53.6 Å². The van der Waals surface area contributed by atoms with Gasteiger partial charge in [-0.3, -0.25) is 9.69 Å². The Labute approximate surface area is 160 Å². The number of aryl methyl sites for hydroxylation is 1. The minimum atomic E-state index is -0.123. The van der Waals surface area contributed by atoms with E-state index in [0.717, 1.165) is 26.2 Å². The number of nitrogens with one attached hydrogen (secondary N) is 1. The molecule has 2 aromatic rings. The molecule has 1 saturated heterocycles. The summed E-state index contributed by atoms with van der Waals surface area (Å²) in [5, 5.41) is 3.57. The van der Waals surface area contributed by atoms with Crippen molar-refractivity contribution in [1.29, 1.82) is 0 Å². The highest BCUT2D eigenvalue weighted by molar-refractivity contribution is 6.33. The summed E-state index contributed by atoms with van der Waals surface area (Å²) in [5.74, 6) is -0.123. The molecule has 1 N–H and O–H groups in total. The smallest absolute Gasteiger partial charge is 0.252 e. The monoisotopic (exact) mass is 371 g/mol. The Kier molecular flexibility index (Phi) is 6.30. The van der Waals surface area contributed by atoms with Gasteiger partial charge in [-0.2, -0.15) is 0 Å². The first-order valence-electron chi connectivity index (χ1n) is 9.06. The van der Waals surface area contributed by atoms with Crippen LogP contribution in [0.5, 0.6) is 0 Å². The molecule has 0 aromatic heterocycles. The fourth-order valence-corrected chi connectivity index (χ4v) is 3.53. The van der Waals surface area contributed by atoms with Gasteiger partial charge in [0, 0.05) is 32.7 Å². The molecule has 2 aromatic carbocycles. The average Bonchev–Trinajstić information content (AvgIpc) is 2.65. The molecule has 0 saturated carbocycles. The summed E-state index contributed by atoms with van der Waals surface area (Å²) < 4.78 is 0. The highest BCUT2D eigenvalue weighted by Gasteiger charge is 2.24. The van der Waals surface area contributed by atoms with Crippen LogP contribution in [0.4, 0.5) is 0 Å². The molecule has 26 heavy (non-hydrogen) atoms. The van der Waals surface area contributed by atoms with Crippen molar-refractivity contribution in [2.24, 2.45) is 0 Å². The first-order chi connectivity index (χ1) is 12.5. The van der Waals surface area contributed by atoms with E-state index in [-0.39, 0.29) is 11.9 Å². The Hall–Kier alpha value is -1.88. The van der Waals surface area contributed by atoms with E-state index in [4.69, 9.17) is 11.6 Å². The number of nitrogens with zero attached hydrogens (tertiary/aromatic N) is 2. The third-order valence-corrected chi connectivity index (χ3v) is 5.34. The maximum absolute atomic E-state index is 12.6. The number of carbonyl (C=O) groups excluding carboxylic acids is 1. The number of likely N-dealkylation sites (N-methyl/N-ethyl adjacent to an activating group) is 1. The van der Waals surface area contributed by atoms with Gasteiger partial charge in [0.1, 0.15) is 0 Å². The van der Waals surface area contributed by atoms with Crippen LogP contribution in [-0.4, -0.2) is 55.5 Å². The van der Waals surface area contributed by atoms with E-state index in [2.05, 4.69) is 53.4 Å². The summed E-state index contributed by atoms with van der Waals surface area (Å²) in [6, 6.07) is 15.9. The minimum absolute atomic E-state index is 0.123. The lowest BCUT2D eigenvalue weighted by atomic mass is 10.0. The molecule has 1 fully saturated rings. The van der Waals surface area contributed by atoms with E-state index in [1.54, 1.807) is 12.1 Å². The molecule has 4 nitrogen and oxygen atoms in total. The molecular formula is C21H26ClN3O. The number of amides is 1. The van der Waals surface area contributed by atoms with Crippen LogP contribution in [0.25, 0.3) is 0 Å². The summed E-state index contributed by atoms with van der Waals surface area (Å²) in [6.07, 6.45) is 0. The van der Waals surface area contributed by atoms with E-state index < -0.39 is 0 Å². The molecule has 1 unspecified atom stereocenters. The second kappa shape index (κ2) is 8.67. The third-order valence-electron chi connectivity index (χ3n) is 5.02. The second-order valence-corrected chi connectivity index (χ2v) is 7.36. The molecule has 1 aliphatic heterocycles. The fourth-order valence-electron chi connectivity index (χ4n) is 3.31. The maximum Gasteiger partial charge on any atom is 0.252 e. The highest BCUT2D eigenvalue weighted by Crippen LogP contribution is 2.23. The van der Waals surface area contributed by atoms with E-state index >= 15 is 0 Å². The van der Waals surface area contributed by atoms with Crippen LogP contribution in [0.1, 0.15) is 27.5 Å². The van der Waals surface area contributed by atoms with E-state index in [1.165, 1.54) is 11.1 Å². The maximum atomic E-state index is 12.6. The SMILES string of the molecule is Cc1ccc(C(CNC(=O)c2ccccc2Cl)N2CCN(C)CC2)cc1. The fraction of sp³-hybridized carbons (Fsp3) is 0.381. The largest absolute Gasteiger partial charge is 0.350 e.